The van der Waals surface area contributed by atoms with Crippen molar-refractivity contribution in [2.75, 3.05) is 5.32 Å². The lowest BCUT2D eigenvalue weighted by Crippen LogP contribution is -2.42. The van der Waals surface area contributed by atoms with Gasteiger partial charge in [-0.25, -0.2) is 14.8 Å². The Hall–Kier alpha value is -2.37. The Bertz CT molecular complexity index is 777. The minimum atomic E-state index is -0.464. The Morgan fingerprint density at radius 2 is 1.73 bits per heavy atom. The average Bonchev–Trinajstić information content (AvgIpc) is 2.55. The Labute approximate surface area is 154 Å². The summed E-state index contributed by atoms with van der Waals surface area (Å²) in [5.74, 6) is 0.685. The molecule has 0 spiro atoms. The van der Waals surface area contributed by atoms with Crippen molar-refractivity contribution in [2.24, 2.45) is 0 Å². The third-order valence-corrected chi connectivity index (χ3v) is 4.58. The maximum atomic E-state index is 11.9. The molecule has 6 heteroatoms. The number of ether oxygens (including phenoxy) is 1. The molecule has 1 fully saturated rings. The molecule has 0 bridgehead atoms. The minimum absolute atomic E-state index is 0.169. The van der Waals surface area contributed by atoms with Crippen molar-refractivity contribution in [1.29, 1.82) is 0 Å². The standard InChI is InChI=1S/C20H28N4O2/c1-13-16-7-5-6-8-17(16)24-18(21-13)22-14-9-11-15(12-10-14)23-19(25)26-20(2,3)4/h5-8,14-15H,9-12H2,1-4H3,(H,23,25)(H,21,22,24)/t14-,15+. The predicted octanol–water partition coefficient (Wildman–Crippen LogP) is 4.19. The third kappa shape index (κ3) is 4.84. The first kappa shape index (κ1) is 18.4. The molecule has 0 saturated heterocycles. The molecular weight excluding hydrogens is 328 g/mol. The number of amides is 1. The molecule has 1 saturated carbocycles. The molecule has 1 aromatic carbocycles. The SMILES string of the molecule is Cc1nc(N[C@H]2CC[C@@H](NC(=O)OC(C)(C)C)CC2)nc2ccccc12. The van der Waals surface area contributed by atoms with Crippen molar-refractivity contribution >= 4 is 22.9 Å². The first-order chi connectivity index (χ1) is 12.3. The molecule has 0 aliphatic heterocycles. The van der Waals surface area contributed by atoms with E-state index in [-0.39, 0.29) is 12.1 Å². The largest absolute Gasteiger partial charge is 0.444 e. The highest BCUT2D eigenvalue weighted by molar-refractivity contribution is 5.81. The van der Waals surface area contributed by atoms with Gasteiger partial charge in [-0.3, -0.25) is 0 Å². The second kappa shape index (κ2) is 7.48. The maximum Gasteiger partial charge on any atom is 0.407 e. The summed E-state index contributed by atoms with van der Waals surface area (Å²) in [6.45, 7) is 7.63. The highest BCUT2D eigenvalue weighted by Gasteiger charge is 2.25. The average molecular weight is 356 g/mol. The summed E-state index contributed by atoms with van der Waals surface area (Å²) >= 11 is 0. The quantitative estimate of drug-likeness (QED) is 0.862. The van der Waals surface area contributed by atoms with Crippen LogP contribution in [0.5, 0.6) is 0 Å². The molecular formula is C20H28N4O2. The lowest BCUT2D eigenvalue weighted by molar-refractivity contribution is 0.0492. The molecule has 1 heterocycles. The summed E-state index contributed by atoms with van der Waals surface area (Å²) in [7, 11) is 0. The van der Waals surface area contributed by atoms with Crippen LogP contribution in [0.2, 0.25) is 0 Å². The fraction of sp³-hybridized carbons (Fsp3) is 0.550. The Morgan fingerprint density at radius 1 is 1.08 bits per heavy atom. The van der Waals surface area contributed by atoms with E-state index in [4.69, 9.17) is 4.74 Å². The van der Waals surface area contributed by atoms with Gasteiger partial charge in [0.25, 0.3) is 0 Å². The highest BCUT2D eigenvalue weighted by atomic mass is 16.6. The first-order valence-corrected chi connectivity index (χ1v) is 9.29. The van der Waals surface area contributed by atoms with Crippen molar-refractivity contribution in [3.8, 4) is 0 Å². The summed E-state index contributed by atoms with van der Waals surface area (Å²) < 4.78 is 5.33. The monoisotopic (exact) mass is 356 g/mol. The van der Waals surface area contributed by atoms with Crippen LogP contribution in [-0.2, 0) is 4.74 Å². The van der Waals surface area contributed by atoms with E-state index in [0.29, 0.717) is 12.0 Å². The van der Waals surface area contributed by atoms with Crippen molar-refractivity contribution in [3.05, 3.63) is 30.0 Å². The number of rotatable bonds is 3. The molecule has 1 aromatic heterocycles. The number of fused-ring (bicyclic) bond motifs is 1. The molecule has 0 unspecified atom stereocenters. The number of para-hydroxylation sites is 1. The molecule has 0 atom stereocenters. The van der Waals surface area contributed by atoms with Crippen LogP contribution in [0.25, 0.3) is 10.9 Å². The van der Waals surface area contributed by atoms with Gasteiger partial charge in [-0.1, -0.05) is 18.2 Å². The van der Waals surface area contributed by atoms with Crippen LogP contribution in [0.15, 0.2) is 24.3 Å². The number of anilines is 1. The number of aryl methyl sites for hydroxylation is 1. The molecule has 1 aliphatic carbocycles. The van der Waals surface area contributed by atoms with E-state index in [1.165, 1.54) is 0 Å². The van der Waals surface area contributed by atoms with Crippen molar-refractivity contribution in [2.45, 2.75) is 71.1 Å². The lowest BCUT2D eigenvalue weighted by Gasteiger charge is -2.30. The van der Waals surface area contributed by atoms with Crippen LogP contribution in [-0.4, -0.2) is 33.7 Å². The summed E-state index contributed by atoms with van der Waals surface area (Å²) in [6, 6.07) is 8.55. The number of hydrogen-bond donors (Lipinski definition) is 2. The number of carbonyl (C=O) groups is 1. The zero-order valence-electron chi connectivity index (χ0n) is 16.0. The molecule has 2 N–H and O–H groups in total. The molecule has 6 nitrogen and oxygen atoms in total. The van der Waals surface area contributed by atoms with Gasteiger partial charge in [0.05, 0.1) is 11.2 Å². The van der Waals surface area contributed by atoms with Crippen LogP contribution < -0.4 is 10.6 Å². The Morgan fingerprint density at radius 3 is 2.42 bits per heavy atom. The summed E-state index contributed by atoms with van der Waals surface area (Å²) in [5.41, 5.74) is 1.48. The van der Waals surface area contributed by atoms with E-state index in [2.05, 4.69) is 20.6 Å². The lowest BCUT2D eigenvalue weighted by atomic mass is 9.91. The van der Waals surface area contributed by atoms with Gasteiger partial charge < -0.3 is 15.4 Å². The number of benzene rings is 1. The van der Waals surface area contributed by atoms with Crippen LogP contribution in [0.1, 0.15) is 52.1 Å². The molecule has 26 heavy (non-hydrogen) atoms. The van der Waals surface area contributed by atoms with Crippen LogP contribution >= 0.6 is 0 Å². The summed E-state index contributed by atoms with van der Waals surface area (Å²) in [4.78, 5) is 21.1. The maximum absolute atomic E-state index is 11.9. The fourth-order valence-corrected chi connectivity index (χ4v) is 3.34. The molecule has 1 amide bonds. The topological polar surface area (TPSA) is 76.1 Å². The molecule has 140 valence electrons. The summed E-state index contributed by atoms with van der Waals surface area (Å²) in [6.07, 6.45) is 3.45. The van der Waals surface area contributed by atoms with Gasteiger partial charge in [-0.15, -0.1) is 0 Å². The number of aromatic nitrogens is 2. The van der Waals surface area contributed by atoms with Crippen LogP contribution in [0, 0.1) is 6.92 Å². The summed E-state index contributed by atoms with van der Waals surface area (Å²) in [5, 5.41) is 7.52. The van der Waals surface area contributed by atoms with Crippen molar-refractivity contribution < 1.29 is 9.53 Å². The van der Waals surface area contributed by atoms with Crippen LogP contribution in [0.3, 0.4) is 0 Å². The normalized spacial score (nSPS) is 20.6. The van der Waals surface area contributed by atoms with Gasteiger partial charge in [0, 0.05) is 17.5 Å². The third-order valence-electron chi connectivity index (χ3n) is 4.58. The van der Waals surface area contributed by atoms with E-state index in [1.807, 2.05) is 52.0 Å². The van der Waals surface area contributed by atoms with E-state index in [1.54, 1.807) is 0 Å². The van der Waals surface area contributed by atoms with Gasteiger partial charge in [-0.2, -0.15) is 0 Å². The van der Waals surface area contributed by atoms with Gasteiger partial charge in [0.1, 0.15) is 5.60 Å². The molecule has 1 aliphatic rings. The van der Waals surface area contributed by atoms with Crippen molar-refractivity contribution in [3.63, 3.8) is 0 Å². The zero-order chi connectivity index (χ0) is 18.7. The van der Waals surface area contributed by atoms with Gasteiger partial charge in [0.2, 0.25) is 5.95 Å². The predicted molar refractivity (Wildman–Crippen MR) is 103 cm³/mol. The molecule has 2 aromatic rings. The Balaban J connectivity index is 1.54. The van der Waals surface area contributed by atoms with E-state index >= 15 is 0 Å². The van der Waals surface area contributed by atoms with Gasteiger partial charge in [0.15, 0.2) is 0 Å². The first-order valence-electron chi connectivity index (χ1n) is 9.29. The number of carbonyl (C=O) groups excluding carboxylic acids is 1. The van der Waals surface area contributed by atoms with E-state index in [0.717, 1.165) is 42.3 Å². The fourth-order valence-electron chi connectivity index (χ4n) is 3.34. The number of alkyl carbamates (subject to hydrolysis) is 1. The Kier molecular flexibility index (Phi) is 5.30. The van der Waals surface area contributed by atoms with Crippen LogP contribution in [0.4, 0.5) is 10.7 Å². The molecule has 3 rings (SSSR count). The zero-order valence-corrected chi connectivity index (χ0v) is 16.0. The van der Waals surface area contributed by atoms with Crippen molar-refractivity contribution in [1.82, 2.24) is 15.3 Å². The number of nitrogens with one attached hydrogen (secondary N) is 2. The van der Waals surface area contributed by atoms with Gasteiger partial charge >= 0.3 is 6.09 Å². The number of nitrogens with zero attached hydrogens (tertiary/aromatic N) is 2. The number of hydrogen-bond acceptors (Lipinski definition) is 5. The highest BCUT2D eigenvalue weighted by Crippen LogP contribution is 2.23. The van der Waals surface area contributed by atoms with E-state index in [9.17, 15) is 4.79 Å². The second-order valence-corrected chi connectivity index (χ2v) is 7.99. The minimum Gasteiger partial charge on any atom is -0.444 e. The van der Waals surface area contributed by atoms with E-state index < -0.39 is 5.60 Å². The second-order valence-electron chi connectivity index (χ2n) is 7.99. The molecule has 0 radical (unpaired) electrons. The smallest absolute Gasteiger partial charge is 0.407 e. The van der Waals surface area contributed by atoms with Gasteiger partial charge in [-0.05, 0) is 59.4 Å².